The standard InChI is InChI=1S/C11H22O6/c1-7(2)3-4-16-6-11(15)10(14)9(13)8(12)5-17-11/h7-10,12-15H,3-6H2,1-2H3/t8-,9-,10+,11+/m1/s1. The van der Waals surface area contributed by atoms with Crippen LogP contribution in [0.2, 0.25) is 0 Å². The smallest absolute Gasteiger partial charge is 0.219 e. The number of aliphatic hydroxyl groups excluding tert-OH is 3. The Bertz CT molecular complexity index is 234. The molecule has 0 amide bonds. The van der Waals surface area contributed by atoms with Crippen molar-refractivity contribution in [3.63, 3.8) is 0 Å². The summed E-state index contributed by atoms with van der Waals surface area (Å²) < 4.78 is 10.2. The van der Waals surface area contributed by atoms with E-state index in [1.807, 2.05) is 13.8 Å². The molecule has 0 spiro atoms. The zero-order valence-corrected chi connectivity index (χ0v) is 10.2. The summed E-state index contributed by atoms with van der Waals surface area (Å²) in [4.78, 5) is 0. The van der Waals surface area contributed by atoms with Crippen molar-refractivity contribution < 1.29 is 29.9 Å². The van der Waals surface area contributed by atoms with E-state index in [0.29, 0.717) is 12.5 Å². The van der Waals surface area contributed by atoms with Gasteiger partial charge >= 0.3 is 0 Å². The third-order valence-electron chi connectivity index (χ3n) is 2.83. The molecule has 1 fully saturated rings. The molecule has 0 aliphatic carbocycles. The summed E-state index contributed by atoms with van der Waals surface area (Å²) in [5.41, 5.74) is 0. The van der Waals surface area contributed by atoms with Gasteiger partial charge < -0.3 is 29.9 Å². The largest absolute Gasteiger partial charge is 0.388 e. The van der Waals surface area contributed by atoms with Gasteiger partial charge in [0.05, 0.1) is 6.61 Å². The second-order valence-corrected chi connectivity index (χ2v) is 4.89. The van der Waals surface area contributed by atoms with Gasteiger partial charge in [0, 0.05) is 6.61 Å². The predicted octanol–water partition coefficient (Wildman–Crippen LogP) is -1.15. The molecule has 6 nitrogen and oxygen atoms in total. The molecule has 4 N–H and O–H groups in total. The van der Waals surface area contributed by atoms with Crippen molar-refractivity contribution in [1.29, 1.82) is 0 Å². The number of hydrogen-bond donors (Lipinski definition) is 4. The molecule has 4 atom stereocenters. The van der Waals surface area contributed by atoms with Crippen LogP contribution in [0, 0.1) is 5.92 Å². The molecule has 0 radical (unpaired) electrons. The van der Waals surface area contributed by atoms with Crippen molar-refractivity contribution in [2.45, 2.75) is 44.4 Å². The lowest BCUT2D eigenvalue weighted by molar-refractivity contribution is -0.335. The van der Waals surface area contributed by atoms with Crippen LogP contribution in [0.3, 0.4) is 0 Å². The molecule has 6 heteroatoms. The minimum atomic E-state index is -1.95. The third-order valence-corrected chi connectivity index (χ3v) is 2.83. The first-order chi connectivity index (χ1) is 7.87. The summed E-state index contributed by atoms with van der Waals surface area (Å²) in [6.45, 7) is 4.07. The molecule has 0 bridgehead atoms. The van der Waals surface area contributed by atoms with Crippen LogP contribution in [-0.2, 0) is 9.47 Å². The lowest BCUT2D eigenvalue weighted by Crippen LogP contribution is -2.62. The number of rotatable bonds is 5. The van der Waals surface area contributed by atoms with Crippen molar-refractivity contribution in [2.75, 3.05) is 19.8 Å². The zero-order valence-electron chi connectivity index (χ0n) is 10.2. The van der Waals surface area contributed by atoms with E-state index in [-0.39, 0.29) is 13.2 Å². The molecule has 0 unspecified atom stereocenters. The maximum Gasteiger partial charge on any atom is 0.219 e. The fourth-order valence-electron chi connectivity index (χ4n) is 1.56. The Kier molecular flexibility index (Phi) is 5.30. The van der Waals surface area contributed by atoms with E-state index >= 15 is 0 Å². The van der Waals surface area contributed by atoms with E-state index in [1.165, 1.54) is 0 Å². The van der Waals surface area contributed by atoms with Crippen molar-refractivity contribution in [3.05, 3.63) is 0 Å². The Hall–Kier alpha value is -0.240. The minimum absolute atomic E-state index is 0.231. The Morgan fingerprint density at radius 3 is 2.59 bits per heavy atom. The van der Waals surface area contributed by atoms with E-state index in [0.717, 1.165) is 6.42 Å². The summed E-state index contributed by atoms with van der Waals surface area (Å²) in [5, 5.41) is 38.2. The van der Waals surface area contributed by atoms with Crippen molar-refractivity contribution in [1.82, 2.24) is 0 Å². The topological polar surface area (TPSA) is 99.4 Å². The van der Waals surface area contributed by atoms with Crippen LogP contribution in [0.4, 0.5) is 0 Å². The average Bonchev–Trinajstić information content (AvgIpc) is 2.28. The van der Waals surface area contributed by atoms with Gasteiger partial charge in [0.1, 0.15) is 24.9 Å². The van der Waals surface area contributed by atoms with Crippen LogP contribution < -0.4 is 0 Å². The maximum absolute atomic E-state index is 9.92. The van der Waals surface area contributed by atoms with Crippen LogP contribution in [0.1, 0.15) is 20.3 Å². The molecular weight excluding hydrogens is 228 g/mol. The summed E-state index contributed by atoms with van der Waals surface area (Å²) in [5.74, 6) is -1.47. The molecule has 0 aromatic rings. The minimum Gasteiger partial charge on any atom is -0.388 e. The van der Waals surface area contributed by atoms with Gasteiger partial charge in [-0.2, -0.15) is 0 Å². The van der Waals surface area contributed by atoms with E-state index < -0.39 is 24.1 Å². The van der Waals surface area contributed by atoms with Gasteiger partial charge in [-0.05, 0) is 12.3 Å². The van der Waals surface area contributed by atoms with Gasteiger partial charge in [-0.25, -0.2) is 0 Å². The summed E-state index contributed by atoms with van der Waals surface area (Å²) in [7, 11) is 0. The molecule has 1 rings (SSSR count). The highest BCUT2D eigenvalue weighted by molar-refractivity contribution is 4.91. The first kappa shape index (κ1) is 14.8. The first-order valence-corrected chi connectivity index (χ1v) is 5.85. The Balaban J connectivity index is 2.39. The van der Waals surface area contributed by atoms with Gasteiger partial charge in [-0.15, -0.1) is 0 Å². The fourth-order valence-corrected chi connectivity index (χ4v) is 1.56. The lowest BCUT2D eigenvalue weighted by Gasteiger charge is -2.41. The zero-order chi connectivity index (χ0) is 13.1. The second-order valence-electron chi connectivity index (χ2n) is 4.89. The number of ether oxygens (including phenoxy) is 2. The monoisotopic (exact) mass is 250 g/mol. The number of aliphatic hydroxyl groups is 4. The Labute approximate surface area is 101 Å². The SMILES string of the molecule is CC(C)CCOC[C@]1(O)OC[C@@H](O)[C@@H](O)[C@@H]1O. The predicted molar refractivity (Wildman–Crippen MR) is 59.2 cm³/mol. The molecule has 0 aromatic carbocycles. The molecule has 1 saturated heterocycles. The number of hydrogen-bond acceptors (Lipinski definition) is 6. The molecule has 0 saturated carbocycles. The molecule has 1 aliphatic heterocycles. The molecule has 102 valence electrons. The highest BCUT2D eigenvalue weighted by Gasteiger charge is 2.48. The van der Waals surface area contributed by atoms with E-state index in [1.54, 1.807) is 0 Å². The van der Waals surface area contributed by atoms with E-state index in [9.17, 15) is 20.4 Å². The van der Waals surface area contributed by atoms with Crippen LogP contribution in [0.5, 0.6) is 0 Å². The van der Waals surface area contributed by atoms with Gasteiger partial charge in [-0.3, -0.25) is 0 Å². The van der Waals surface area contributed by atoms with Gasteiger partial charge in [0.25, 0.3) is 0 Å². The Morgan fingerprint density at radius 1 is 1.35 bits per heavy atom. The summed E-state index contributed by atoms with van der Waals surface area (Å²) >= 11 is 0. The summed E-state index contributed by atoms with van der Waals surface area (Å²) in [6.07, 6.45) is -3.37. The third kappa shape index (κ3) is 3.87. The van der Waals surface area contributed by atoms with Crippen LogP contribution in [-0.4, -0.2) is 64.3 Å². The van der Waals surface area contributed by atoms with Crippen molar-refractivity contribution in [2.24, 2.45) is 5.92 Å². The van der Waals surface area contributed by atoms with Gasteiger partial charge in [0.15, 0.2) is 0 Å². The highest BCUT2D eigenvalue weighted by atomic mass is 16.7. The summed E-state index contributed by atoms with van der Waals surface area (Å²) in [6, 6.07) is 0. The van der Waals surface area contributed by atoms with Crippen LogP contribution in [0.15, 0.2) is 0 Å². The van der Waals surface area contributed by atoms with Crippen molar-refractivity contribution in [3.8, 4) is 0 Å². The fraction of sp³-hybridized carbons (Fsp3) is 1.00. The van der Waals surface area contributed by atoms with E-state index in [4.69, 9.17) is 9.47 Å². The van der Waals surface area contributed by atoms with Crippen molar-refractivity contribution >= 4 is 0 Å². The average molecular weight is 250 g/mol. The molecule has 1 heterocycles. The van der Waals surface area contributed by atoms with E-state index in [2.05, 4.69) is 0 Å². The highest BCUT2D eigenvalue weighted by Crippen LogP contribution is 2.24. The maximum atomic E-state index is 9.92. The van der Waals surface area contributed by atoms with Crippen LogP contribution in [0.25, 0.3) is 0 Å². The normalized spacial score (nSPS) is 38.6. The quantitative estimate of drug-likeness (QED) is 0.460. The lowest BCUT2D eigenvalue weighted by atomic mass is 9.97. The molecular formula is C11H22O6. The van der Waals surface area contributed by atoms with Crippen LogP contribution >= 0.6 is 0 Å². The molecule has 1 aliphatic rings. The van der Waals surface area contributed by atoms with Gasteiger partial charge in [0.2, 0.25) is 5.79 Å². The first-order valence-electron chi connectivity index (χ1n) is 5.85. The van der Waals surface area contributed by atoms with Gasteiger partial charge in [-0.1, -0.05) is 13.8 Å². The molecule has 0 aromatic heterocycles. The Morgan fingerprint density at radius 2 is 2.00 bits per heavy atom. The molecule has 17 heavy (non-hydrogen) atoms. The second kappa shape index (κ2) is 6.08.